The lowest BCUT2D eigenvalue weighted by atomic mass is 10.0. The van der Waals surface area contributed by atoms with Crippen molar-refractivity contribution >= 4 is 16.9 Å². The van der Waals surface area contributed by atoms with E-state index in [1.54, 1.807) is 25.1 Å². The number of aromatic nitrogens is 2. The molecule has 0 spiro atoms. The maximum absolute atomic E-state index is 15.2. The molecule has 1 aromatic heterocycles. The summed E-state index contributed by atoms with van der Waals surface area (Å²) in [5.74, 6) is -6.85. The van der Waals surface area contributed by atoms with Gasteiger partial charge in [0, 0.05) is 13.1 Å². The van der Waals surface area contributed by atoms with E-state index in [9.17, 15) is 4.79 Å². The summed E-state index contributed by atoms with van der Waals surface area (Å²) in [7, 11) is 1.44. The molecule has 4 rings (SSSR count). The quantitative estimate of drug-likeness (QED) is 0.275. The fourth-order valence-corrected chi connectivity index (χ4v) is 3.98. The summed E-state index contributed by atoms with van der Waals surface area (Å²) in [6, 6.07) is 10.5. The van der Waals surface area contributed by atoms with Gasteiger partial charge in [0.2, 0.25) is 0 Å². The summed E-state index contributed by atoms with van der Waals surface area (Å²) in [6.45, 7) is 5.53. The van der Waals surface area contributed by atoms with Crippen LogP contribution in [0.1, 0.15) is 36.2 Å². The van der Waals surface area contributed by atoms with Crippen molar-refractivity contribution in [3.8, 4) is 22.5 Å². The molecule has 4 aromatic rings. The topological polar surface area (TPSA) is 46.9 Å². The van der Waals surface area contributed by atoms with Gasteiger partial charge in [-0.15, -0.1) is 0 Å². The third kappa shape index (κ3) is 3.83. The summed E-state index contributed by atoms with van der Waals surface area (Å²) in [5, 5.41) is 2.86. The van der Waals surface area contributed by atoms with Gasteiger partial charge < -0.3 is 9.88 Å². The Kier molecular flexibility index (Phi) is 6.17. The second-order valence-electron chi connectivity index (χ2n) is 8.33. The molecule has 1 amide bonds. The second kappa shape index (κ2) is 8.93. The van der Waals surface area contributed by atoms with Gasteiger partial charge in [0.15, 0.2) is 23.3 Å². The number of rotatable bonds is 5. The number of carbonyl (C=O) groups is 1. The highest BCUT2D eigenvalue weighted by Gasteiger charge is 2.30. The Labute approximate surface area is 194 Å². The standard InChI is InChI=1S/C26H23F4N3O/c1-5-14(3)31-26(34)16-11-13(2)12-17-24(16)33(4)25(32-17)19-22(29)20(27)18(21(28)23(19)30)15-9-7-6-8-10-15/h6-12,14H,5H2,1-4H3,(H,31,34). The average molecular weight is 469 g/mol. The molecule has 176 valence electrons. The molecule has 1 N–H and O–H groups in total. The molecule has 1 atom stereocenters. The van der Waals surface area contributed by atoms with Gasteiger partial charge in [-0.3, -0.25) is 4.79 Å². The van der Waals surface area contributed by atoms with Crippen LogP contribution in [0.5, 0.6) is 0 Å². The molecule has 4 nitrogen and oxygen atoms in total. The highest BCUT2D eigenvalue weighted by Crippen LogP contribution is 2.37. The van der Waals surface area contributed by atoms with Crippen LogP contribution >= 0.6 is 0 Å². The number of aryl methyl sites for hydroxylation is 2. The van der Waals surface area contributed by atoms with Crippen molar-refractivity contribution in [2.45, 2.75) is 33.2 Å². The lowest BCUT2D eigenvalue weighted by molar-refractivity contribution is 0.0940. The zero-order valence-corrected chi connectivity index (χ0v) is 19.1. The van der Waals surface area contributed by atoms with Crippen LogP contribution in [-0.4, -0.2) is 21.5 Å². The van der Waals surface area contributed by atoms with Crippen LogP contribution in [0, 0.1) is 30.2 Å². The maximum atomic E-state index is 15.2. The number of carbonyl (C=O) groups excluding carboxylic acids is 1. The molecule has 0 saturated carbocycles. The first-order valence-corrected chi connectivity index (χ1v) is 10.8. The molecule has 0 fully saturated rings. The zero-order chi connectivity index (χ0) is 24.7. The third-order valence-corrected chi connectivity index (χ3v) is 5.90. The average Bonchev–Trinajstić information content (AvgIpc) is 3.13. The number of nitrogens with one attached hydrogen (secondary N) is 1. The summed E-state index contributed by atoms with van der Waals surface area (Å²) in [6.07, 6.45) is 0.708. The smallest absolute Gasteiger partial charge is 0.253 e. The summed E-state index contributed by atoms with van der Waals surface area (Å²) < 4.78 is 61.8. The molecule has 0 saturated heterocycles. The van der Waals surface area contributed by atoms with Crippen molar-refractivity contribution in [1.82, 2.24) is 14.9 Å². The van der Waals surface area contributed by atoms with Gasteiger partial charge in [-0.2, -0.15) is 0 Å². The number of hydrogen-bond donors (Lipinski definition) is 1. The Morgan fingerprint density at radius 2 is 1.59 bits per heavy atom. The van der Waals surface area contributed by atoms with E-state index in [-0.39, 0.29) is 34.4 Å². The molecule has 3 aromatic carbocycles. The first kappa shape index (κ1) is 23.5. The van der Waals surface area contributed by atoms with E-state index in [0.717, 1.165) is 0 Å². The van der Waals surface area contributed by atoms with E-state index in [1.165, 1.54) is 35.9 Å². The van der Waals surface area contributed by atoms with Crippen LogP contribution in [-0.2, 0) is 7.05 Å². The number of halogens is 4. The monoisotopic (exact) mass is 469 g/mol. The maximum Gasteiger partial charge on any atom is 0.253 e. The van der Waals surface area contributed by atoms with Gasteiger partial charge in [-0.1, -0.05) is 37.3 Å². The van der Waals surface area contributed by atoms with E-state index in [0.29, 0.717) is 17.5 Å². The van der Waals surface area contributed by atoms with Crippen LogP contribution in [0.25, 0.3) is 33.5 Å². The molecule has 0 radical (unpaired) electrons. The predicted octanol–water partition coefficient (Wildman–Crippen LogP) is 6.30. The minimum atomic E-state index is -1.56. The van der Waals surface area contributed by atoms with Crippen LogP contribution in [0.3, 0.4) is 0 Å². The number of nitrogens with zero attached hydrogens (tertiary/aromatic N) is 2. The number of hydrogen-bond acceptors (Lipinski definition) is 2. The molecule has 1 heterocycles. The van der Waals surface area contributed by atoms with E-state index >= 15 is 17.6 Å². The Balaban J connectivity index is 1.96. The van der Waals surface area contributed by atoms with Crippen molar-refractivity contribution in [3.05, 3.63) is 76.9 Å². The molecular weight excluding hydrogens is 446 g/mol. The fraction of sp³-hybridized carbons (Fsp3) is 0.231. The fourth-order valence-electron chi connectivity index (χ4n) is 3.98. The van der Waals surface area contributed by atoms with Gasteiger partial charge in [0.1, 0.15) is 5.82 Å². The first-order valence-electron chi connectivity index (χ1n) is 10.8. The Bertz CT molecular complexity index is 1380. The normalized spacial score (nSPS) is 12.2. The lowest BCUT2D eigenvalue weighted by Gasteiger charge is -2.14. The summed E-state index contributed by atoms with van der Waals surface area (Å²) in [5.41, 5.74) is -0.191. The van der Waals surface area contributed by atoms with Gasteiger partial charge in [-0.25, -0.2) is 22.5 Å². The molecule has 0 bridgehead atoms. The number of benzene rings is 3. The molecule has 0 aliphatic heterocycles. The van der Waals surface area contributed by atoms with Crippen LogP contribution in [0.15, 0.2) is 42.5 Å². The van der Waals surface area contributed by atoms with Gasteiger partial charge >= 0.3 is 0 Å². The Morgan fingerprint density at radius 3 is 2.18 bits per heavy atom. The van der Waals surface area contributed by atoms with Crippen molar-refractivity contribution in [3.63, 3.8) is 0 Å². The van der Waals surface area contributed by atoms with Crippen LogP contribution in [0.4, 0.5) is 17.6 Å². The molecule has 1 unspecified atom stereocenters. The van der Waals surface area contributed by atoms with Crippen molar-refractivity contribution < 1.29 is 22.4 Å². The zero-order valence-electron chi connectivity index (χ0n) is 19.1. The second-order valence-corrected chi connectivity index (χ2v) is 8.33. The van der Waals surface area contributed by atoms with E-state index in [2.05, 4.69) is 10.3 Å². The molecule has 8 heteroatoms. The van der Waals surface area contributed by atoms with Gasteiger partial charge in [0.05, 0.1) is 27.7 Å². The van der Waals surface area contributed by atoms with Crippen LogP contribution in [0.2, 0.25) is 0 Å². The van der Waals surface area contributed by atoms with E-state index in [4.69, 9.17) is 0 Å². The lowest BCUT2D eigenvalue weighted by Crippen LogP contribution is -2.32. The van der Waals surface area contributed by atoms with Crippen LogP contribution < -0.4 is 5.32 Å². The SMILES string of the molecule is CCC(C)NC(=O)c1cc(C)cc2nc(-c3c(F)c(F)c(-c4ccccc4)c(F)c3F)n(C)c12. The minimum Gasteiger partial charge on any atom is -0.350 e. The van der Waals surface area contributed by atoms with Crippen molar-refractivity contribution in [2.75, 3.05) is 0 Å². The number of imidazole rings is 1. The third-order valence-electron chi connectivity index (χ3n) is 5.90. The van der Waals surface area contributed by atoms with E-state index < -0.39 is 34.4 Å². The number of fused-ring (bicyclic) bond motifs is 1. The van der Waals surface area contributed by atoms with Crippen molar-refractivity contribution in [2.24, 2.45) is 7.05 Å². The Hall–Kier alpha value is -3.68. The largest absolute Gasteiger partial charge is 0.350 e. The van der Waals surface area contributed by atoms with E-state index in [1.807, 2.05) is 13.8 Å². The van der Waals surface area contributed by atoms with Gasteiger partial charge in [0.25, 0.3) is 5.91 Å². The molecule has 0 aliphatic carbocycles. The first-order chi connectivity index (χ1) is 16.1. The summed E-state index contributed by atoms with van der Waals surface area (Å²) >= 11 is 0. The minimum absolute atomic E-state index is 0.00600. The highest BCUT2D eigenvalue weighted by atomic mass is 19.2. The number of amides is 1. The predicted molar refractivity (Wildman–Crippen MR) is 123 cm³/mol. The Morgan fingerprint density at radius 1 is 1.00 bits per heavy atom. The molecule has 0 aliphatic rings. The molecular formula is C26H23F4N3O. The van der Waals surface area contributed by atoms with Gasteiger partial charge in [-0.05, 0) is 43.5 Å². The molecule has 34 heavy (non-hydrogen) atoms. The highest BCUT2D eigenvalue weighted by molar-refractivity contribution is 6.06. The summed E-state index contributed by atoms with van der Waals surface area (Å²) in [4.78, 5) is 17.2. The van der Waals surface area contributed by atoms with Crippen molar-refractivity contribution in [1.29, 1.82) is 0 Å².